The fraction of sp³-hybridized carbons (Fsp3) is 0.227. The second kappa shape index (κ2) is 8.94. The highest BCUT2D eigenvalue weighted by molar-refractivity contribution is 5.92. The van der Waals surface area contributed by atoms with Gasteiger partial charge in [-0.1, -0.05) is 54.6 Å². The molecule has 0 bridgehead atoms. The third kappa shape index (κ3) is 5.38. The predicted octanol–water partition coefficient (Wildman–Crippen LogP) is 3.68. The van der Waals surface area contributed by atoms with Crippen LogP contribution in [0.4, 0.5) is 5.95 Å². The highest BCUT2D eigenvalue weighted by Gasteiger charge is 2.10. The molecule has 5 heteroatoms. The molecular weight excluding hydrogens is 336 g/mol. The molecule has 0 aliphatic heterocycles. The maximum absolute atomic E-state index is 12.4. The summed E-state index contributed by atoms with van der Waals surface area (Å²) in [5.41, 5.74) is 4.71. The van der Waals surface area contributed by atoms with E-state index in [1.54, 1.807) is 6.07 Å². The molecule has 2 N–H and O–H groups in total. The number of aryl methyl sites for hydroxylation is 2. The van der Waals surface area contributed by atoms with Crippen molar-refractivity contribution in [3.8, 4) is 0 Å². The van der Waals surface area contributed by atoms with Crippen molar-refractivity contribution in [1.29, 1.82) is 0 Å². The summed E-state index contributed by atoms with van der Waals surface area (Å²) >= 11 is 0. The van der Waals surface area contributed by atoms with Gasteiger partial charge in [0.15, 0.2) is 0 Å². The number of hydrogen-bond acceptors (Lipinski definition) is 4. The Balaban J connectivity index is 1.60. The van der Waals surface area contributed by atoms with E-state index in [0.29, 0.717) is 24.7 Å². The Morgan fingerprint density at radius 1 is 0.963 bits per heavy atom. The largest absolute Gasteiger partial charge is 0.350 e. The van der Waals surface area contributed by atoms with Gasteiger partial charge in [0.25, 0.3) is 5.91 Å². The third-order valence-corrected chi connectivity index (χ3v) is 4.33. The Labute approximate surface area is 159 Å². The molecule has 0 unspecified atom stereocenters. The molecule has 3 aromatic rings. The maximum atomic E-state index is 12.4. The lowest BCUT2D eigenvalue weighted by molar-refractivity contribution is 0.0949. The van der Waals surface area contributed by atoms with Crippen LogP contribution in [0.2, 0.25) is 0 Å². The van der Waals surface area contributed by atoms with Crippen LogP contribution in [0.3, 0.4) is 0 Å². The normalized spacial score (nSPS) is 10.4. The number of nitrogens with zero attached hydrogens (tertiary/aromatic N) is 2. The van der Waals surface area contributed by atoms with Gasteiger partial charge in [0.2, 0.25) is 5.95 Å². The van der Waals surface area contributed by atoms with E-state index in [9.17, 15) is 4.79 Å². The molecule has 0 aliphatic carbocycles. The van der Waals surface area contributed by atoms with E-state index in [0.717, 1.165) is 12.1 Å². The highest BCUT2D eigenvalue weighted by atomic mass is 16.1. The number of benzene rings is 2. The first-order valence-corrected chi connectivity index (χ1v) is 9.08. The minimum absolute atomic E-state index is 0.185. The molecule has 0 fully saturated rings. The summed E-state index contributed by atoms with van der Waals surface area (Å²) in [6.07, 6.45) is 0.787. The number of aromatic nitrogens is 2. The van der Waals surface area contributed by atoms with Crippen molar-refractivity contribution < 1.29 is 4.79 Å². The van der Waals surface area contributed by atoms with E-state index in [4.69, 9.17) is 0 Å². The first kappa shape index (κ1) is 18.6. The second-order valence-corrected chi connectivity index (χ2v) is 6.49. The zero-order chi connectivity index (χ0) is 19.1. The molecular formula is C22H24N4O. The number of hydrogen-bond donors (Lipinski definition) is 2. The van der Waals surface area contributed by atoms with Crippen molar-refractivity contribution in [1.82, 2.24) is 15.3 Å². The highest BCUT2D eigenvalue weighted by Crippen LogP contribution is 2.11. The molecule has 138 valence electrons. The summed E-state index contributed by atoms with van der Waals surface area (Å²) in [5, 5.41) is 6.15. The van der Waals surface area contributed by atoms with Gasteiger partial charge in [0, 0.05) is 18.8 Å². The number of carbonyl (C=O) groups is 1. The van der Waals surface area contributed by atoms with Crippen LogP contribution in [0.25, 0.3) is 0 Å². The van der Waals surface area contributed by atoms with E-state index >= 15 is 0 Å². The third-order valence-electron chi connectivity index (χ3n) is 4.33. The van der Waals surface area contributed by atoms with Gasteiger partial charge in [-0.25, -0.2) is 9.97 Å². The Morgan fingerprint density at radius 3 is 2.48 bits per heavy atom. The zero-order valence-corrected chi connectivity index (χ0v) is 15.7. The molecule has 0 saturated carbocycles. The Morgan fingerprint density at radius 2 is 1.70 bits per heavy atom. The van der Waals surface area contributed by atoms with Gasteiger partial charge < -0.3 is 10.6 Å². The minimum Gasteiger partial charge on any atom is -0.350 e. The lowest BCUT2D eigenvalue weighted by atomic mass is 10.1. The Kier molecular flexibility index (Phi) is 6.15. The minimum atomic E-state index is -0.185. The maximum Gasteiger partial charge on any atom is 0.270 e. The molecule has 0 atom stereocenters. The first-order chi connectivity index (χ1) is 13.1. The molecule has 1 amide bonds. The predicted molar refractivity (Wildman–Crippen MR) is 108 cm³/mol. The fourth-order valence-electron chi connectivity index (χ4n) is 2.80. The van der Waals surface area contributed by atoms with E-state index in [1.807, 2.05) is 37.3 Å². The van der Waals surface area contributed by atoms with Gasteiger partial charge in [-0.15, -0.1) is 0 Å². The van der Waals surface area contributed by atoms with E-state index in [-0.39, 0.29) is 5.91 Å². The van der Waals surface area contributed by atoms with Gasteiger partial charge in [-0.2, -0.15) is 0 Å². The molecule has 0 saturated heterocycles. The van der Waals surface area contributed by atoms with Crippen LogP contribution in [-0.2, 0) is 13.0 Å². The van der Waals surface area contributed by atoms with Gasteiger partial charge in [0.05, 0.1) is 0 Å². The molecule has 2 aromatic carbocycles. The van der Waals surface area contributed by atoms with Crippen LogP contribution in [-0.4, -0.2) is 22.4 Å². The lowest BCUT2D eigenvalue weighted by Gasteiger charge is -2.10. The van der Waals surface area contributed by atoms with Gasteiger partial charge in [-0.3, -0.25) is 4.79 Å². The van der Waals surface area contributed by atoms with Crippen LogP contribution >= 0.6 is 0 Å². The molecule has 0 spiro atoms. The fourth-order valence-corrected chi connectivity index (χ4v) is 2.80. The van der Waals surface area contributed by atoms with Crippen molar-refractivity contribution in [2.45, 2.75) is 26.8 Å². The SMILES string of the molecule is Cc1cc(C(=O)NCCc2ccccc2)nc(NCc2ccccc2C)n1. The molecule has 3 rings (SSSR count). The molecule has 1 aromatic heterocycles. The van der Waals surface area contributed by atoms with Gasteiger partial charge >= 0.3 is 0 Å². The molecule has 0 aliphatic rings. The Bertz CT molecular complexity index is 909. The summed E-state index contributed by atoms with van der Waals surface area (Å²) in [4.78, 5) is 21.2. The standard InChI is InChI=1S/C22H24N4O/c1-16-8-6-7-11-19(16)15-24-22-25-17(2)14-20(26-22)21(27)23-13-12-18-9-4-3-5-10-18/h3-11,14H,12-13,15H2,1-2H3,(H,23,27)(H,24,25,26). The summed E-state index contributed by atoms with van der Waals surface area (Å²) < 4.78 is 0. The second-order valence-electron chi connectivity index (χ2n) is 6.49. The van der Waals surface area contributed by atoms with Crippen molar-refractivity contribution >= 4 is 11.9 Å². The number of amides is 1. The zero-order valence-electron chi connectivity index (χ0n) is 15.7. The van der Waals surface area contributed by atoms with Crippen molar-refractivity contribution in [2.24, 2.45) is 0 Å². The molecule has 1 heterocycles. The summed E-state index contributed by atoms with van der Waals surface area (Å²) in [5.74, 6) is 0.279. The quantitative estimate of drug-likeness (QED) is 0.674. The smallest absolute Gasteiger partial charge is 0.270 e. The van der Waals surface area contributed by atoms with E-state index in [1.165, 1.54) is 16.7 Å². The van der Waals surface area contributed by atoms with E-state index < -0.39 is 0 Å². The van der Waals surface area contributed by atoms with Gasteiger partial charge in [0.1, 0.15) is 5.69 Å². The van der Waals surface area contributed by atoms with E-state index in [2.05, 4.69) is 51.8 Å². The topological polar surface area (TPSA) is 66.9 Å². The van der Waals surface area contributed by atoms with Crippen LogP contribution < -0.4 is 10.6 Å². The monoisotopic (exact) mass is 360 g/mol. The van der Waals surface area contributed by atoms with Crippen molar-refractivity contribution in [3.63, 3.8) is 0 Å². The average molecular weight is 360 g/mol. The molecule has 0 radical (unpaired) electrons. The van der Waals surface area contributed by atoms with Crippen molar-refractivity contribution in [2.75, 3.05) is 11.9 Å². The number of anilines is 1. The van der Waals surface area contributed by atoms with Gasteiger partial charge in [-0.05, 0) is 43.0 Å². The lowest BCUT2D eigenvalue weighted by Crippen LogP contribution is -2.27. The average Bonchev–Trinajstić information content (AvgIpc) is 2.68. The summed E-state index contributed by atoms with van der Waals surface area (Å²) in [6, 6.07) is 19.9. The Hall–Kier alpha value is -3.21. The number of carbonyl (C=O) groups excluding carboxylic acids is 1. The van der Waals surface area contributed by atoms with Crippen LogP contribution in [0.5, 0.6) is 0 Å². The number of nitrogens with one attached hydrogen (secondary N) is 2. The van der Waals surface area contributed by atoms with Crippen LogP contribution in [0.15, 0.2) is 60.7 Å². The summed E-state index contributed by atoms with van der Waals surface area (Å²) in [6.45, 7) is 5.12. The summed E-state index contributed by atoms with van der Waals surface area (Å²) in [7, 11) is 0. The first-order valence-electron chi connectivity index (χ1n) is 9.08. The van der Waals surface area contributed by atoms with Crippen molar-refractivity contribution in [3.05, 3.63) is 88.7 Å². The van der Waals surface area contributed by atoms with Crippen LogP contribution in [0, 0.1) is 13.8 Å². The molecule has 5 nitrogen and oxygen atoms in total. The number of rotatable bonds is 7. The molecule has 27 heavy (non-hydrogen) atoms. The van der Waals surface area contributed by atoms with Crippen LogP contribution in [0.1, 0.15) is 32.9 Å².